The molecule has 7 heteroatoms. The topological polar surface area (TPSA) is 76.0 Å². The van der Waals surface area contributed by atoms with Gasteiger partial charge in [-0.05, 0) is 36.4 Å². The normalized spacial score (nSPS) is 14.5. The molecule has 3 aromatic rings. The number of carbonyl (C=O) groups excluding carboxylic acids is 1. The lowest BCUT2D eigenvalue weighted by Gasteiger charge is -2.35. The molecule has 1 aromatic carbocycles. The number of aromatic nitrogens is 2. The van der Waals surface area contributed by atoms with Crippen LogP contribution in [0, 0.1) is 11.3 Å². The van der Waals surface area contributed by atoms with Crippen LogP contribution in [0.5, 0.6) is 0 Å². The summed E-state index contributed by atoms with van der Waals surface area (Å²) in [5.41, 5.74) is 2.01. The zero-order chi connectivity index (χ0) is 18.1. The van der Waals surface area contributed by atoms with Crippen molar-refractivity contribution in [3.63, 3.8) is 0 Å². The largest absolute Gasteiger partial charge is 0.352 e. The molecular formula is C19H16ClN5O. The Hall–Kier alpha value is -3.04. The average Bonchev–Trinajstić information content (AvgIpc) is 3.10. The molecule has 1 N–H and O–H groups in total. The van der Waals surface area contributed by atoms with Crippen LogP contribution in [0.4, 0.5) is 5.82 Å². The van der Waals surface area contributed by atoms with E-state index in [0.29, 0.717) is 48.3 Å². The van der Waals surface area contributed by atoms with Crippen LogP contribution >= 0.6 is 11.6 Å². The standard InChI is InChI=1S/C19H16ClN5O/c20-15-3-4-16-14(10-15)11-17(23-16)19(26)25-8-6-24(7-9-25)18-13(12-21)2-1-5-22-18/h1-5,10-11,23H,6-9H2. The number of H-pyrrole nitrogens is 1. The predicted molar refractivity (Wildman–Crippen MR) is 100 cm³/mol. The summed E-state index contributed by atoms with van der Waals surface area (Å²) in [5, 5.41) is 10.8. The first-order valence-corrected chi connectivity index (χ1v) is 8.71. The first-order chi connectivity index (χ1) is 12.7. The lowest BCUT2D eigenvalue weighted by molar-refractivity contribution is 0.0741. The number of hydrogen-bond acceptors (Lipinski definition) is 4. The van der Waals surface area contributed by atoms with Gasteiger partial charge in [0.25, 0.3) is 5.91 Å². The van der Waals surface area contributed by atoms with Crippen LogP contribution in [0.1, 0.15) is 16.1 Å². The van der Waals surface area contributed by atoms with Crippen LogP contribution in [0.2, 0.25) is 5.02 Å². The van der Waals surface area contributed by atoms with Crippen molar-refractivity contribution in [3.05, 3.63) is 58.9 Å². The number of nitrogens with zero attached hydrogens (tertiary/aromatic N) is 4. The van der Waals surface area contributed by atoms with Gasteiger partial charge in [-0.1, -0.05) is 11.6 Å². The van der Waals surface area contributed by atoms with Crippen LogP contribution in [0.25, 0.3) is 10.9 Å². The number of anilines is 1. The quantitative estimate of drug-likeness (QED) is 0.757. The summed E-state index contributed by atoms with van der Waals surface area (Å²) in [6.45, 7) is 2.44. The minimum absolute atomic E-state index is 0.0292. The van der Waals surface area contributed by atoms with Crippen LogP contribution in [-0.4, -0.2) is 47.0 Å². The highest BCUT2D eigenvalue weighted by Gasteiger charge is 2.25. The van der Waals surface area contributed by atoms with Gasteiger partial charge in [-0.15, -0.1) is 0 Å². The van der Waals surface area contributed by atoms with Crippen molar-refractivity contribution < 1.29 is 4.79 Å². The average molecular weight is 366 g/mol. The first kappa shape index (κ1) is 16.4. The monoisotopic (exact) mass is 365 g/mol. The van der Waals surface area contributed by atoms with Crippen molar-refractivity contribution in [1.29, 1.82) is 5.26 Å². The number of carbonyl (C=O) groups is 1. The van der Waals surface area contributed by atoms with E-state index >= 15 is 0 Å². The molecular weight excluding hydrogens is 350 g/mol. The molecule has 1 fully saturated rings. The van der Waals surface area contributed by atoms with Crippen LogP contribution < -0.4 is 4.90 Å². The van der Waals surface area contributed by atoms with E-state index in [1.807, 2.05) is 28.0 Å². The van der Waals surface area contributed by atoms with E-state index in [-0.39, 0.29) is 5.91 Å². The number of piperazine rings is 1. The smallest absolute Gasteiger partial charge is 0.270 e. The van der Waals surface area contributed by atoms with Crippen LogP contribution in [0.3, 0.4) is 0 Å². The van der Waals surface area contributed by atoms with E-state index < -0.39 is 0 Å². The Morgan fingerprint density at radius 1 is 1.19 bits per heavy atom. The Morgan fingerprint density at radius 3 is 2.77 bits per heavy atom. The number of aromatic amines is 1. The first-order valence-electron chi connectivity index (χ1n) is 8.33. The second-order valence-electron chi connectivity index (χ2n) is 6.18. The summed E-state index contributed by atoms with van der Waals surface area (Å²) in [6, 6.07) is 13.0. The SMILES string of the molecule is N#Cc1cccnc1N1CCN(C(=O)c2cc3cc(Cl)ccc3[nH]2)CC1. The maximum atomic E-state index is 12.8. The summed E-state index contributed by atoms with van der Waals surface area (Å²) >= 11 is 6.01. The number of fused-ring (bicyclic) bond motifs is 1. The highest BCUT2D eigenvalue weighted by atomic mass is 35.5. The minimum Gasteiger partial charge on any atom is -0.352 e. The Balaban J connectivity index is 1.48. The molecule has 0 atom stereocenters. The molecule has 2 aromatic heterocycles. The van der Waals surface area contributed by atoms with Gasteiger partial charge >= 0.3 is 0 Å². The number of amides is 1. The molecule has 3 heterocycles. The second kappa shape index (κ2) is 6.70. The fourth-order valence-corrected chi connectivity index (χ4v) is 3.43. The Kier molecular flexibility index (Phi) is 4.23. The number of pyridine rings is 1. The summed E-state index contributed by atoms with van der Waals surface area (Å²) in [5.74, 6) is 0.654. The zero-order valence-corrected chi connectivity index (χ0v) is 14.7. The number of halogens is 1. The molecule has 4 rings (SSSR count). The third kappa shape index (κ3) is 2.98. The van der Waals surface area contributed by atoms with E-state index in [4.69, 9.17) is 11.6 Å². The van der Waals surface area contributed by atoms with Crippen molar-refractivity contribution in [1.82, 2.24) is 14.9 Å². The number of benzene rings is 1. The Morgan fingerprint density at radius 2 is 2.00 bits per heavy atom. The van der Waals surface area contributed by atoms with E-state index in [1.54, 1.807) is 24.4 Å². The van der Waals surface area contributed by atoms with Crippen molar-refractivity contribution in [2.24, 2.45) is 0 Å². The third-order valence-corrected chi connectivity index (χ3v) is 4.82. The minimum atomic E-state index is -0.0292. The summed E-state index contributed by atoms with van der Waals surface area (Å²) in [6.07, 6.45) is 1.68. The van der Waals surface area contributed by atoms with Gasteiger partial charge in [0.2, 0.25) is 0 Å². The van der Waals surface area contributed by atoms with Gasteiger partial charge < -0.3 is 14.8 Å². The zero-order valence-electron chi connectivity index (χ0n) is 13.9. The van der Waals surface area contributed by atoms with E-state index in [1.165, 1.54) is 0 Å². The lowest BCUT2D eigenvalue weighted by Crippen LogP contribution is -2.49. The second-order valence-corrected chi connectivity index (χ2v) is 6.62. The molecule has 1 aliphatic rings. The molecule has 6 nitrogen and oxygen atoms in total. The summed E-state index contributed by atoms with van der Waals surface area (Å²) < 4.78 is 0. The van der Waals surface area contributed by atoms with Crippen molar-refractivity contribution in [2.45, 2.75) is 0 Å². The molecule has 0 radical (unpaired) electrons. The number of nitrogens with one attached hydrogen (secondary N) is 1. The fraction of sp³-hybridized carbons (Fsp3) is 0.211. The molecule has 0 unspecified atom stereocenters. The molecule has 130 valence electrons. The molecule has 0 bridgehead atoms. The maximum Gasteiger partial charge on any atom is 0.270 e. The van der Waals surface area contributed by atoms with Gasteiger partial charge in [-0.3, -0.25) is 4.79 Å². The van der Waals surface area contributed by atoms with Gasteiger partial charge in [-0.2, -0.15) is 5.26 Å². The van der Waals surface area contributed by atoms with E-state index in [9.17, 15) is 10.1 Å². The summed E-state index contributed by atoms with van der Waals surface area (Å²) in [7, 11) is 0. The Labute approximate surface area is 155 Å². The fourth-order valence-electron chi connectivity index (χ4n) is 3.25. The third-order valence-electron chi connectivity index (χ3n) is 4.59. The van der Waals surface area contributed by atoms with Crippen molar-refractivity contribution >= 4 is 34.2 Å². The van der Waals surface area contributed by atoms with Gasteiger partial charge in [0.15, 0.2) is 0 Å². The molecule has 0 aliphatic carbocycles. The van der Waals surface area contributed by atoms with Crippen LogP contribution in [-0.2, 0) is 0 Å². The van der Waals surface area contributed by atoms with E-state index in [0.717, 1.165) is 10.9 Å². The van der Waals surface area contributed by atoms with E-state index in [2.05, 4.69) is 16.0 Å². The molecule has 1 saturated heterocycles. The van der Waals surface area contributed by atoms with Crippen LogP contribution in [0.15, 0.2) is 42.6 Å². The Bertz CT molecular complexity index is 1010. The molecule has 0 spiro atoms. The lowest BCUT2D eigenvalue weighted by atomic mass is 10.2. The van der Waals surface area contributed by atoms with Gasteiger partial charge in [0.05, 0.1) is 5.56 Å². The number of hydrogen-bond donors (Lipinski definition) is 1. The molecule has 1 aliphatic heterocycles. The highest BCUT2D eigenvalue weighted by molar-refractivity contribution is 6.31. The maximum absolute atomic E-state index is 12.8. The van der Waals surface area contributed by atoms with Crippen molar-refractivity contribution in [3.8, 4) is 6.07 Å². The van der Waals surface area contributed by atoms with Crippen molar-refractivity contribution in [2.75, 3.05) is 31.1 Å². The van der Waals surface area contributed by atoms with Gasteiger partial charge in [-0.25, -0.2) is 4.98 Å². The molecule has 0 saturated carbocycles. The highest BCUT2D eigenvalue weighted by Crippen LogP contribution is 2.22. The molecule has 1 amide bonds. The van der Waals surface area contributed by atoms with Gasteiger partial charge in [0.1, 0.15) is 17.6 Å². The number of nitriles is 1. The van der Waals surface area contributed by atoms with Gasteiger partial charge in [0, 0.05) is 48.3 Å². The number of rotatable bonds is 2. The predicted octanol–water partition coefficient (Wildman–Crippen LogP) is 3.05. The molecule has 26 heavy (non-hydrogen) atoms. The summed E-state index contributed by atoms with van der Waals surface area (Å²) in [4.78, 5) is 24.1.